The van der Waals surface area contributed by atoms with Gasteiger partial charge in [0.15, 0.2) is 0 Å². The molecule has 0 atom stereocenters. The van der Waals surface area contributed by atoms with E-state index in [2.05, 4.69) is 33.8 Å². The van der Waals surface area contributed by atoms with Crippen LogP contribution in [0.15, 0.2) is 6.33 Å². The zero-order valence-corrected chi connectivity index (χ0v) is 15.6. The van der Waals surface area contributed by atoms with E-state index in [-0.39, 0.29) is 0 Å². The maximum absolute atomic E-state index is 6.42. The van der Waals surface area contributed by atoms with Crippen molar-refractivity contribution < 1.29 is 4.74 Å². The van der Waals surface area contributed by atoms with Gasteiger partial charge in [0.1, 0.15) is 12.1 Å². The van der Waals surface area contributed by atoms with Crippen LogP contribution in [-0.2, 0) is 4.74 Å². The molecule has 1 aliphatic carbocycles. The second-order valence-electron chi connectivity index (χ2n) is 7.82. The molecular formula is C19H29N5O. The molecule has 6 nitrogen and oxygen atoms in total. The average Bonchev–Trinajstić information content (AvgIpc) is 3.07. The standard InChI is InChI=1S/C19H29N5O/c1-13-4-6-16(7-5-13)25-17-8-10-23(11-9-17)18-14(2)15(3)22-19-20-12-21-24(18)19/h12-13,16-17H,4-11H2,1-3H3. The predicted octanol–water partition coefficient (Wildman–Crippen LogP) is 3.31. The molecule has 6 heteroatoms. The highest BCUT2D eigenvalue weighted by atomic mass is 16.5. The summed E-state index contributed by atoms with van der Waals surface area (Å²) in [4.78, 5) is 11.2. The van der Waals surface area contributed by atoms with Crippen molar-refractivity contribution in [3.8, 4) is 0 Å². The summed E-state index contributed by atoms with van der Waals surface area (Å²) in [5, 5.41) is 4.39. The fourth-order valence-electron chi connectivity index (χ4n) is 4.23. The summed E-state index contributed by atoms with van der Waals surface area (Å²) < 4.78 is 8.30. The number of aryl methyl sites for hydroxylation is 1. The lowest BCUT2D eigenvalue weighted by atomic mass is 9.88. The monoisotopic (exact) mass is 343 g/mol. The number of hydrogen-bond acceptors (Lipinski definition) is 5. The third-order valence-corrected chi connectivity index (χ3v) is 5.97. The van der Waals surface area contributed by atoms with Crippen LogP contribution in [0.2, 0.25) is 0 Å². The van der Waals surface area contributed by atoms with Crippen LogP contribution >= 0.6 is 0 Å². The SMILES string of the molecule is Cc1nc2ncnn2c(N2CCC(OC3CCC(C)CC3)CC2)c1C. The topological polar surface area (TPSA) is 55.5 Å². The molecule has 25 heavy (non-hydrogen) atoms. The lowest BCUT2D eigenvalue weighted by molar-refractivity contribution is -0.0447. The van der Waals surface area contributed by atoms with Crippen molar-refractivity contribution in [1.29, 1.82) is 0 Å². The molecule has 0 spiro atoms. The number of ether oxygens (including phenoxy) is 1. The van der Waals surface area contributed by atoms with Gasteiger partial charge in [-0.25, -0.2) is 4.98 Å². The molecule has 0 N–H and O–H groups in total. The Hall–Kier alpha value is -1.69. The first-order valence-corrected chi connectivity index (χ1v) is 9.69. The number of rotatable bonds is 3. The van der Waals surface area contributed by atoms with Crippen molar-refractivity contribution in [2.24, 2.45) is 5.92 Å². The van der Waals surface area contributed by atoms with Gasteiger partial charge >= 0.3 is 0 Å². The van der Waals surface area contributed by atoms with Gasteiger partial charge in [-0.3, -0.25) is 0 Å². The normalized spacial score (nSPS) is 25.6. The zero-order valence-electron chi connectivity index (χ0n) is 15.6. The first kappa shape index (κ1) is 16.8. The summed E-state index contributed by atoms with van der Waals surface area (Å²) in [7, 11) is 0. The highest BCUT2D eigenvalue weighted by molar-refractivity contribution is 5.54. The molecule has 2 aliphatic rings. The van der Waals surface area contributed by atoms with Gasteiger partial charge in [-0.05, 0) is 58.3 Å². The van der Waals surface area contributed by atoms with E-state index in [0.717, 1.165) is 43.4 Å². The first-order chi connectivity index (χ1) is 12.1. The molecule has 0 unspecified atom stereocenters. The molecule has 136 valence electrons. The van der Waals surface area contributed by atoms with Crippen molar-refractivity contribution in [2.45, 2.75) is 71.5 Å². The van der Waals surface area contributed by atoms with Crippen LogP contribution in [0.25, 0.3) is 5.78 Å². The van der Waals surface area contributed by atoms with Gasteiger partial charge in [0.05, 0.1) is 12.2 Å². The van der Waals surface area contributed by atoms with E-state index in [4.69, 9.17) is 4.74 Å². The van der Waals surface area contributed by atoms with Crippen molar-refractivity contribution in [3.05, 3.63) is 17.6 Å². The summed E-state index contributed by atoms with van der Waals surface area (Å²) in [5.74, 6) is 2.71. The van der Waals surface area contributed by atoms with Gasteiger partial charge in [-0.2, -0.15) is 14.6 Å². The molecule has 1 saturated heterocycles. The fraction of sp³-hybridized carbons (Fsp3) is 0.737. The summed E-state index contributed by atoms with van der Waals surface area (Å²) in [6, 6.07) is 0. The molecule has 1 saturated carbocycles. The minimum Gasteiger partial charge on any atom is -0.375 e. The second-order valence-corrected chi connectivity index (χ2v) is 7.82. The lowest BCUT2D eigenvalue weighted by Crippen LogP contribution is -2.40. The molecule has 2 fully saturated rings. The molecule has 1 aliphatic heterocycles. The number of hydrogen-bond donors (Lipinski definition) is 0. The van der Waals surface area contributed by atoms with Gasteiger partial charge in [-0.1, -0.05) is 6.92 Å². The molecule has 0 aromatic carbocycles. The third kappa shape index (κ3) is 3.36. The molecule has 2 aromatic heterocycles. The highest BCUT2D eigenvalue weighted by Crippen LogP contribution is 2.30. The Morgan fingerprint density at radius 1 is 1.00 bits per heavy atom. The van der Waals surface area contributed by atoms with Gasteiger partial charge in [-0.15, -0.1) is 0 Å². The highest BCUT2D eigenvalue weighted by Gasteiger charge is 2.27. The van der Waals surface area contributed by atoms with E-state index in [1.807, 2.05) is 11.4 Å². The molecule has 0 bridgehead atoms. The smallest absolute Gasteiger partial charge is 0.254 e. The molecule has 0 radical (unpaired) electrons. The van der Waals surface area contributed by atoms with Gasteiger partial charge in [0.25, 0.3) is 5.78 Å². The molecule has 0 amide bonds. The number of fused-ring (bicyclic) bond motifs is 1. The van der Waals surface area contributed by atoms with Crippen LogP contribution in [0.4, 0.5) is 5.82 Å². The van der Waals surface area contributed by atoms with E-state index in [1.165, 1.54) is 31.2 Å². The van der Waals surface area contributed by atoms with Crippen LogP contribution in [0.3, 0.4) is 0 Å². The Morgan fingerprint density at radius 2 is 1.68 bits per heavy atom. The van der Waals surface area contributed by atoms with E-state index in [1.54, 1.807) is 6.33 Å². The molecule has 2 aromatic rings. The number of aromatic nitrogens is 4. The minimum atomic E-state index is 0.407. The zero-order chi connectivity index (χ0) is 17.4. The van der Waals surface area contributed by atoms with E-state index < -0.39 is 0 Å². The van der Waals surface area contributed by atoms with Crippen LogP contribution in [0, 0.1) is 19.8 Å². The minimum absolute atomic E-state index is 0.407. The molecule has 3 heterocycles. The Bertz CT molecular complexity index is 727. The predicted molar refractivity (Wildman–Crippen MR) is 98.0 cm³/mol. The average molecular weight is 343 g/mol. The van der Waals surface area contributed by atoms with Crippen molar-refractivity contribution in [3.63, 3.8) is 0 Å². The molecular weight excluding hydrogens is 314 g/mol. The lowest BCUT2D eigenvalue weighted by Gasteiger charge is -2.37. The first-order valence-electron chi connectivity index (χ1n) is 9.69. The number of anilines is 1. The second kappa shape index (κ2) is 6.90. The number of piperidine rings is 1. The summed E-state index contributed by atoms with van der Waals surface area (Å²) in [6.45, 7) is 8.55. The maximum atomic E-state index is 6.42. The Labute approximate surface area is 149 Å². The van der Waals surface area contributed by atoms with Crippen LogP contribution in [0.1, 0.15) is 56.7 Å². The van der Waals surface area contributed by atoms with Crippen LogP contribution in [-0.4, -0.2) is 44.9 Å². The van der Waals surface area contributed by atoms with Crippen molar-refractivity contribution in [1.82, 2.24) is 19.6 Å². The van der Waals surface area contributed by atoms with Gasteiger partial charge < -0.3 is 9.64 Å². The Morgan fingerprint density at radius 3 is 2.40 bits per heavy atom. The van der Waals surface area contributed by atoms with E-state index in [0.29, 0.717) is 18.0 Å². The van der Waals surface area contributed by atoms with Gasteiger partial charge in [0, 0.05) is 24.3 Å². The van der Waals surface area contributed by atoms with Crippen molar-refractivity contribution >= 4 is 11.6 Å². The summed E-state index contributed by atoms with van der Waals surface area (Å²) >= 11 is 0. The fourth-order valence-corrected chi connectivity index (χ4v) is 4.23. The quantitative estimate of drug-likeness (QED) is 0.856. The number of nitrogens with zero attached hydrogens (tertiary/aromatic N) is 5. The van der Waals surface area contributed by atoms with Crippen LogP contribution < -0.4 is 4.90 Å². The van der Waals surface area contributed by atoms with Crippen molar-refractivity contribution in [2.75, 3.05) is 18.0 Å². The van der Waals surface area contributed by atoms with E-state index >= 15 is 0 Å². The Kier molecular flexibility index (Phi) is 4.63. The Balaban J connectivity index is 1.42. The van der Waals surface area contributed by atoms with E-state index in [9.17, 15) is 0 Å². The third-order valence-electron chi connectivity index (χ3n) is 5.97. The molecule has 4 rings (SSSR count). The van der Waals surface area contributed by atoms with Gasteiger partial charge in [0.2, 0.25) is 0 Å². The van der Waals surface area contributed by atoms with Crippen LogP contribution in [0.5, 0.6) is 0 Å². The summed E-state index contributed by atoms with van der Waals surface area (Å²) in [6.07, 6.45) is 9.78. The largest absolute Gasteiger partial charge is 0.375 e. The maximum Gasteiger partial charge on any atom is 0.254 e. The summed E-state index contributed by atoms with van der Waals surface area (Å²) in [5.41, 5.74) is 2.23.